The van der Waals surface area contributed by atoms with Gasteiger partial charge in [0.05, 0.1) is 5.25 Å². The van der Waals surface area contributed by atoms with Crippen LogP contribution in [-0.4, -0.2) is 21.3 Å². The van der Waals surface area contributed by atoms with Crippen LogP contribution in [0.1, 0.15) is 10.1 Å². The van der Waals surface area contributed by atoms with Gasteiger partial charge in [0.1, 0.15) is 6.33 Å². The van der Waals surface area contributed by atoms with E-state index in [1.807, 2.05) is 7.05 Å². The van der Waals surface area contributed by atoms with Gasteiger partial charge in [-0.05, 0) is 22.0 Å². The summed E-state index contributed by atoms with van der Waals surface area (Å²) in [6.45, 7) is 0.588. The molecule has 0 saturated carbocycles. The lowest BCUT2D eigenvalue weighted by atomic mass is 10.3. The summed E-state index contributed by atoms with van der Waals surface area (Å²) in [5.41, 5.74) is 5.79. The van der Waals surface area contributed by atoms with Gasteiger partial charge in [-0.3, -0.25) is 0 Å². The summed E-state index contributed by atoms with van der Waals surface area (Å²) in [6.07, 6.45) is 1.56. The molecule has 0 aliphatic carbocycles. The lowest BCUT2D eigenvalue weighted by Crippen LogP contribution is -2.09. The minimum atomic E-state index is 0.235. The summed E-state index contributed by atoms with van der Waals surface area (Å²) in [6, 6.07) is 2.10. The molecule has 0 radical (unpaired) electrons. The van der Waals surface area contributed by atoms with Crippen LogP contribution in [0.5, 0.6) is 0 Å². The van der Waals surface area contributed by atoms with Gasteiger partial charge >= 0.3 is 0 Å². The van der Waals surface area contributed by atoms with Gasteiger partial charge in [0, 0.05) is 28.3 Å². The van der Waals surface area contributed by atoms with E-state index in [9.17, 15) is 0 Å². The smallest absolute Gasteiger partial charge is 0.186 e. The summed E-state index contributed by atoms with van der Waals surface area (Å²) in [5, 5.41) is 7.23. The van der Waals surface area contributed by atoms with E-state index >= 15 is 0 Å². The predicted octanol–water partition coefficient (Wildman–Crippen LogP) is 2.43. The molecule has 0 bridgehead atoms. The Labute approximate surface area is 110 Å². The first-order valence-corrected chi connectivity index (χ1v) is 7.20. The summed E-state index contributed by atoms with van der Waals surface area (Å²) in [4.78, 5) is 5.44. The quantitative estimate of drug-likeness (QED) is 0.880. The molecule has 1 unspecified atom stereocenters. The third-order valence-corrected chi connectivity index (χ3v) is 5.30. The maximum absolute atomic E-state index is 5.79. The normalized spacial score (nSPS) is 12.9. The van der Waals surface area contributed by atoms with Crippen LogP contribution < -0.4 is 5.73 Å². The monoisotopic (exact) mass is 318 g/mol. The van der Waals surface area contributed by atoms with Gasteiger partial charge in [0.2, 0.25) is 0 Å². The zero-order valence-electron chi connectivity index (χ0n) is 8.63. The Morgan fingerprint density at radius 2 is 2.50 bits per heavy atom. The summed E-state index contributed by atoms with van der Waals surface area (Å²) < 4.78 is 2.86. The molecule has 0 aliphatic heterocycles. The van der Waals surface area contributed by atoms with Gasteiger partial charge < -0.3 is 5.73 Å². The van der Waals surface area contributed by atoms with Crippen LogP contribution >= 0.6 is 39.0 Å². The topological polar surface area (TPSA) is 56.7 Å². The Hall–Kier alpha value is -0.370. The second kappa shape index (κ2) is 5.31. The Balaban J connectivity index is 2.15. The van der Waals surface area contributed by atoms with Crippen LogP contribution in [0.3, 0.4) is 0 Å². The number of thioether (sulfide) groups is 1. The lowest BCUT2D eigenvalue weighted by molar-refractivity contribution is 0.683. The first-order valence-electron chi connectivity index (χ1n) is 4.65. The molecule has 16 heavy (non-hydrogen) atoms. The Morgan fingerprint density at radius 3 is 3.00 bits per heavy atom. The number of thiophene rings is 1. The fourth-order valence-electron chi connectivity index (χ4n) is 1.24. The highest BCUT2D eigenvalue weighted by Gasteiger charge is 2.16. The lowest BCUT2D eigenvalue weighted by Gasteiger charge is -2.11. The second-order valence-corrected chi connectivity index (χ2v) is 6.20. The van der Waals surface area contributed by atoms with Crippen molar-refractivity contribution in [3.63, 3.8) is 0 Å². The van der Waals surface area contributed by atoms with Crippen LogP contribution in [0.25, 0.3) is 0 Å². The van der Waals surface area contributed by atoms with E-state index in [-0.39, 0.29) is 5.25 Å². The average molecular weight is 319 g/mol. The highest BCUT2D eigenvalue weighted by molar-refractivity contribution is 9.10. The molecule has 2 aromatic rings. The van der Waals surface area contributed by atoms with Crippen molar-refractivity contribution in [2.75, 3.05) is 6.54 Å². The van der Waals surface area contributed by atoms with Gasteiger partial charge in [-0.1, -0.05) is 11.8 Å². The van der Waals surface area contributed by atoms with Crippen LogP contribution in [-0.2, 0) is 7.05 Å². The molecule has 0 aliphatic rings. The highest BCUT2D eigenvalue weighted by Crippen LogP contribution is 2.37. The summed E-state index contributed by atoms with van der Waals surface area (Å²) in [7, 11) is 1.88. The first-order chi connectivity index (χ1) is 7.70. The van der Waals surface area contributed by atoms with Gasteiger partial charge in [0.15, 0.2) is 5.16 Å². The van der Waals surface area contributed by atoms with E-state index in [0.29, 0.717) is 6.54 Å². The SMILES string of the molecule is Cn1ncnc1SC(CN)c1cc(Br)cs1. The summed E-state index contributed by atoms with van der Waals surface area (Å²) in [5.74, 6) is 0. The van der Waals surface area contributed by atoms with Crippen LogP contribution in [0.4, 0.5) is 0 Å². The van der Waals surface area contributed by atoms with Crippen LogP contribution in [0.2, 0.25) is 0 Å². The van der Waals surface area contributed by atoms with E-state index < -0.39 is 0 Å². The summed E-state index contributed by atoms with van der Waals surface area (Å²) >= 11 is 6.80. The fraction of sp³-hybridized carbons (Fsp3) is 0.333. The van der Waals surface area contributed by atoms with E-state index in [0.717, 1.165) is 9.63 Å². The van der Waals surface area contributed by atoms with E-state index in [1.54, 1.807) is 34.1 Å². The minimum absolute atomic E-state index is 0.235. The maximum atomic E-state index is 5.79. The van der Waals surface area contributed by atoms with Crippen molar-refractivity contribution >= 4 is 39.0 Å². The molecule has 0 saturated heterocycles. The molecular weight excluding hydrogens is 308 g/mol. The second-order valence-electron chi connectivity index (χ2n) is 3.18. The molecule has 2 aromatic heterocycles. The molecule has 7 heteroatoms. The number of hydrogen-bond donors (Lipinski definition) is 1. The Morgan fingerprint density at radius 1 is 1.69 bits per heavy atom. The Kier molecular flexibility index (Phi) is 4.01. The third-order valence-electron chi connectivity index (χ3n) is 2.04. The van der Waals surface area contributed by atoms with Crippen molar-refractivity contribution in [2.45, 2.75) is 10.4 Å². The van der Waals surface area contributed by atoms with Crippen molar-refractivity contribution in [2.24, 2.45) is 12.8 Å². The first kappa shape index (κ1) is 12.1. The molecule has 2 heterocycles. The number of rotatable bonds is 4. The van der Waals surface area contributed by atoms with Crippen molar-refractivity contribution in [3.8, 4) is 0 Å². The third kappa shape index (κ3) is 2.65. The van der Waals surface area contributed by atoms with Gasteiger partial charge in [-0.25, -0.2) is 9.67 Å². The number of aromatic nitrogens is 3. The number of nitrogens with two attached hydrogens (primary N) is 1. The van der Waals surface area contributed by atoms with Crippen molar-refractivity contribution in [1.29, 1.82) is 0 Å². The number of halogens is 1. The minimum Gasteiger partial charge on any atom is -0.329 e. The molecule has 2 N–H and O–H groups in total. The molecule has 4 nitrogen and oxygen atoms in total. The molecule has 2 rings (SSSR count). The van der Waals surface area contributed by atoms with E-state index in [4.69, 9.17) is 5.73 Å². The van der Waals surface area contributed by atoms with Crippen LogP contribution in [0.15, 0.2) is 27.4 Å². The van der Waals surface area contributed by atoms with Crippen molar-refractivity contribution in [3.05, 3.63) is 27.1 Å². The molecule has 0 fully saturated rings. The van der Waals surface area contributed by atoms with Crippen molar-refractivity contribution in [1.82, 2.24) is 14.8 Å². The molecule has 0 spiro atoms. The van der Waals surface area contributed by atoms with E-state index in [1.165, 1.54) is 4.88 Å². The van der Waals surface area contributed by atoms with E-state index in [2.05, 4.69) is 37.5 Å². The fourth-order valence-corrected chi connectivity index (χ4v) is 3.83. The number of aryl methyl sites for hydroxylation is 1. The Bertz CT molecular complexity index is 468. The molecular formula is C9H11BrN4S2. The van der Waals surface area contributed by atoms with Gasteiger partial charge in [-0.15, -0.1) is 11.3 Å². The zero-order valence-corrected chi connectivity index (χ0v) is 11.8. The predicted molar refractivity (Wildman–Crippen MR) is 70.7 cm³/mol. The van der Waals surface area contributed by atoms with Gasteiger partial charge in [0.25, 0.3) is 0 Å². The van der Waals surface area contributed by atoms with Gasteiger partial charge in [-0.2, -0.15) is 5.10 Å². The zero-order chi connectivity index (χ0) is 11.5. The number of hydrogen-bond acceptors (Lipinski definition) is 5. The maximum Gasteiger partial charge on any atom is 0.186 e. The molecule has 0 aromatic carbocycles. The molecule has 86 valence electrons. The average Bonchev–Trinajstić information content (AvgIpc) is 2.85. The highest BCUT2D eigenvalue weighted by atomic mass is 79.9. The number of nitrogens with zero attached hydrogens (tertiary/aromatic N) is 3. The molecule has 1 atom stereocenters. The largest absolute Gasteiger partial charge is 0.329 e. The van der Waals surface area contributed by atoms with Crippen LogP contribution in [0, 0.1) is 0 Å². The van der Waals surface area contributed by atoms with Crippen molar-refractivity contribution < 1.29 is 0 Å². The molecule has 0 amide bonds. The standard InChI is InChI=1S/C9H11BrN4S2/c1-14-9(12-5-13-14)16-8(3-11)7-2-6(10)4-15-7/h2,4-5,8H,3,11H2,1H3.